The Morgan fingerprint density at radius 3 is 3.00 bits per heavy atom. The summed E-state index contributed by atoms with van der Waals surface area (Å²) < 4.78 is 7.17. The van der Waals surface area contributed by atoms with Gasteiger partial charge in [0.2, 0.25) is 5.91 Å². The zero-order valence-corrected chi connectivity index (χ0v) is 12.0. The lowest BCUT2D eigenvalue weighted by Gasteiger charge is -2.34. The lowest BCUT2D eigenvalue weighted by molar-refractivity contribution is -0.123. The number of unbranched alkanes of at least 4 members (excludes halogenated alkanes) is 2. The number of nitrogens with zero attached hydrogens (tertiary/aromatic N) is 2. The predicted molar refractivity (Wildman–Crippen MR) is 77.7 cm³/mol. The van der Waals surface area contributed by atoms with Crippen LogP contribution in [0.4, 0.5) is 0 Å². The molecule has 0 saturated heterocycles. The number of primary amides is 1. The van der Waals surface area contributed by atoms with E-state index in [9.17, 15) is 9.59 Å². The highest BCUT2D eigenvalue weighted by Crippen LogP contribution is 2.27. The fraction of sp³-hybridized carbons (Fsp3) is 0.467. The SMILES string of the molecule is CCCCCN1C(=O)c2cc3occc3n2CC1C(N)=O. The average molecular weight is 289 g/mol. The number of hydrogen-bond acceptors (Lipinski definition) is 3. The summed E-state index contributed by atoms with van der Waals surface area (Å²) in [5, 5.41) is 0. The van der Waals surface area contributed by atoms with E-state index in [2.05, 4.69) is 6.92 Å². The van der Waals surface area contributed by atoms with Crippen LogP contribution in [0.3, 0.4) is 0 Å². The van der Waals surface area contributed by atoms with Crippen LogP contribution < -0.4 is 5.73 Å². The van der Waals surface area contributed by atoms with Gasteiger partial charge in [-0.05, 0) is 6.42 Å². The third-order valence-electron chi connectivity index (χ3n) is 4.07. The zero-order valence-electron chi connectivity index (χ0n) is 12.0. The van der Waals surface area contributed by atoms with Gasteiger partial charge in [-0.1, -0.05) is 19.8 Å². The van der Waals surface area contributed by atoms with Gasteiger partial charge in [0.15, 0.2) is 5.58 Å². The molecule has 6 nitrogen and oxygen atoms in total. The fourth-order valence-corrected chi connectivity index (χ4v) is 2.94. The first-order chi connectivity index (χ1) is 10.1. The number of amides is 2. The van der Waals surface area contributed by atoms with Crippen molar-refractivity contribution in [3.05, 3.63) is 24.1 Å². The molecule has 3 heterocycles. The molecule has 2 aromatic rings. The average Bonchev–Trinajstić information content (AvgIpc) is 3.02. The molecule has 0 fully saturated rings. The van der Waals surface area contributed by atoms with Crippen molar-refractivity contribution in [2.75, 3.05) is 6.54 Å². The number of hydrogen-bond donors (Lipinski definition) is 1. The van der Waals surface area contributed by atoms with Crippen molar-refractivity contribution < 1.29 is 14.0 Å². The van der Waals surface area contributed by atoms with Crippen molar-refractivity contribution in [3.8, 4) is 0 Å². The van der Waals surface area contributed by atoms with Crippen LogP contribution in [-0.2, 0) is 11.3 Å². The Morgan fingerprint density at radius 1 is 1.48 bits per heavy atom. The van der Waals surface area contributed by atoms with E-state index in [-0.39, 0.29) is 5.91 Å². The maximum absolute atomic E-state index is 12.6. The first-order valence-electron chi connectivity index (χ1n) is 7.30. The van der Waals surface area contributed by atoms with Gasteiger partial charge < -0.3 is 19.6 Å². The minimum absolute atomic E-state index is 0.146. The van der Waals surface area contributed by atoms with Crippen molar-refractivity contribution >= 4 is 22.9 Å². The first-order valence-corrected chi connectivity index (χ1v) is 7.30. The van der Waals surface area contributed by atoms with Gasteiger partial charge in [0.05, 0.1) is 18.3 Å². The number of nitrogens with two attached hydrogens (primary N) is 1. The molecule has 1 aliphatic rings. The Hall–Kier alpha value is -2.24. The quantitative estimate of drug-likeness (QED) is 0.851. The Bertz CT molecular complexity index is 685. The summed E-state index contributed by atoms with van der Waals surface area (Å²) in [6.07, 6.45) is 4.55. The summed E-state index contributed by atoms with van der Waals surface area (Å²) >= 11 is 0. The van der Waals surface area contributed by atoms with Crippen LogP contribution in [0, 0.1) is 0 Å². The molecule has 112 valence electrons. The van der Waals surface area contributed by atoms with Gasteiger partial charge in [-0.25, -0.2) is 0 Å². The van der Waals surface area contributed by atoms with Crippen LogP contribution in [0.25, 0.3) is 11.1 Å². The molecule has 6 heteroatoms. The first kappa shape index (κ1) is 13.7. The number of furan rings is 1. The van der Waals surface area contributed by atoms with Gasteiger partial charge in [-0.15, -0.1) is 0 Å². The Kier molecular flexibility index (Phi) is 3.45. The van der Waals surface area contributed by atoms with Crippen molar-refractivity contribution in [2.45, 2.75) is 38.8 Å². The predicted octanol–water partition coefficient (Wildman–Crippen LogP) is 1.73. The molecule has 0 aliphatic carbocycles. The van der Waals surface area contributed by atoms with Crippen molar-refractivity contribution in [2.24, 2.45) is 5.73 Å². The van der Waals surface area contributed by atoms with Crippen LogP contribution in [-0.4, -0.2) is 33.9 Å². The van der Waals surface area contributed by atoms with Gasteiger partial charge in [0.1, 0.15) is 11.7 Å². The second kappa shape index (κ2) is 5.27. The van der Waals surface area contributed by atoms with E-state index < -0.39 is 11.9 Å². The third-order valence-corrected chi connectivity index (χ3v) is 4.07. The molecule has 1 atom stereocenters. The maximum Gasteiger partial charge on any atom is 0.271 e. The van der Waals surface area contributed by atoms with Crippen LogP contribution in [0.2, 0.25) is 0 Å². The molecule has 2 N–H and O–H groups in total. The number of carbonyl (C=O) groups excluding carboxylic acids is 2. The molecular weight excluding hydrogens is 270 g/mol. The summed E-state index contributed by atoms with van der Waals surface area (Å²) in [4.78, 5) is 26.0. The number of aromatic nitrogens is 1. The van der Waals surface area contributed by atoms with Crippen LogP contribution >= 0.6 is 0 Å². The normalized spacial score (nSPS) is 18.2. The molecule has 1 aliphatic heterocycles. The molecule has 21 heavy (non-hydrogen) atoms. The van der Waals surface area contributed by atoms with Crippen LogP contribution in [0.5, 0.6) is 0 Å². The van der Waals surface area contributed by atoms with Crippen molar-refractivity contribution in [1.82, 2.24) is 9.47 Å². The monoisotopic (exact) mass is 289 g/mol. The Labute approximate surface area is 122 Å². The summed E-state index contributed by atoms with van der Waals surface area (Å²) in [6.45, 7) is 3.06. The lowest BCUT2D eigenvalue weighted by atomic mass is 10.1. The number of carbonyl (C=O) groups is 2. The number of rotatable bonds is 5. The summed E-state index contributed by atoms with van der Waals surface area (Å²) in [7, 11) is 0. The van der Waals surface area contributed by atoms with E-state index in [1.165, 1.54) is 0 Å². The highest BCUT2D eigenvalue weighted by Gasteiger charge is 2.36. The number of fused-ring (bicyclic) bond motifs is 3. The molecule has 0 radical (unpaired) electrons. The maximum atomic E-state index is 12.6. The molecule has 2 amide bonds. The standard InChI is InChI=1S/C15H19N3O3/c1-2-3-4-6-17-12(14(16)19)9-18-10-5-7-21-13(10)8-11(18)15(17)20/h5,7-8,12H,2-4,6,9H2,1H3,(H2,16,19). The van der Waals surface area contributed by atoms with E-state index in [4.69, 9.17) is 10.2 Å². The fourth-order valence-electron chi connectivity index (χ4n) is 2.94. The molecule has 0 bridgehead atoms. The van der Waals surface area contributed by atoms with E-state index in [0.29, 0.717) is 24.4 Å². The lowest BCUT2D eigenvalue weighted by Crippen LogP contribution is -2.54. The van der Waals surface area contributed by atoms with Gasteiger partial charge >= 0.3 is 0 Å². The molecule has 2 aromatic heterocycles. The van der Waals surface area contributed by atoms with Crippen LogP contribution in [0.1, 0.15) is 36.7 Å². The third kappa shape index (κ3) is 2.20. The van der Waals surface area contributed by atoms with Gasteiger partial charge in [0.25, 0.3) is 5.91 Å². The van der Waals surface area contributed by atoms with Gasteiger partial charge in [-0.3, -0.25) is 9.59 Å². The molecule has 0 aromatic carbocycles. The molecule has 1 unspecified atom stereocenters. The topological polar surface area (TPSA) is 81.5 Å². The van der Waals surface area contributed by atoms with E-state index >= 15 is 0 Å². The Balaban J connectivity index is 1.96. The summed E-state index contributed by atoms with van der Waals surface area (Å²) in [5.41, 5.74) is 7.56. The van der Waals surface area contributed by atoms with Crippen molar-refractivity contribution in [1.29, 1.82) is 0 Å². The van der Waals surface area contributed by atoms with E-state index in [1.54, 1.807) is 23.3 Å². The molecule has 3 rings (SSSR count). The van der Waals surface area contributed by atoms with Gasteiger partial charge in [-0.2, -0.15) is 0 Å². The molecule has 0 spiro atoms. The van der Waals surface area contributed by atoms with Gasteiger partial charge in [0, 0.05) is 18.7 Å². The molecule has 0 saturated carbocycles. The minimum Gasteiger partial charge on any atom is -0.463 e. The highest BCUT2D eigenvalue weighted by atomic mass is 16.3. The minimum atomic E-state index is -0.590. The Morgan fingerprint density at radius 2 is 2.29 bits per heavy atom. The molecular formula is C15H19N3O3. The zero-order chi connectivity index (χ0) is 15.0. The van der Waals surface area contributed by atoms with E-state index in [0.717, 1.165) is 24.8 Å². The summed E-state index contributed by atoms with van der Waals surface area (Å²) in [5.74, 6) is -0.608. The highest BCUT2D eigenvalue weighted by molar-refractivity contribution is 6.01. The van der Waals surface area contributed by atoms with Crippen molar-refractivity contribution in [3.63, 3.8) is 0 Å². The largest absolute Gasteiger partial charge is 0.463 e. The second-order valence-corrected chi connectivity index (χ2v) is 5.43. The second-order valence-electron chi connectivity index (χ2n) is 5.43. The van der Waals surface area contributed by atoms with Crippen LogP contribution in [0.15, 0.2) is 22.8 Å². The smallest absolute Gasteiger partial charge is 0.271 e. The van der Waals surface area contributed by atoms with E-state index in [1.807, 2.05) is 4.57 Å². The summed E-state index contributed by atoms with van der Waals surface area (Å²) in [6, 6.07) is 2.95.